The summed E-state index contributed by atoms with van der Waals surface area (Å²) in [5.41, 5.74) is 6.98. The summed E-state index contributed by atoms with van der Waals surface area (Å²) in [5, 5.41) is 0. The van der Waals surface area contributed by atoms with Crippen LogP contribution < -0.4 is 21.9 Å². The van der Waals surface area contributed by atoms with E-state index in [2.05, 4.69) is 54.2 Å². The Hall–Kier alpha value is -0.0403. The van der Waals surface area contributed by atoms with Crippen LogP contribution in [0.5, 0.6) is 0 Å². The Balaban J connectivity index is 3.60. The zero-order valence-electron chi connectivity index (χ0n) is 8.38. The molecule has 58 valence electrons. The topological polar surface area (TPSA) is 0 Å². The highest BCUT2D eigenvalue weighted by Gasteiger charge is 2.08. The molecule has 0 radical (unpaired) electrons. The molecule has 0 spiro atoms. The SMILES string of the molecule is Bc1c(B)c(C)c(B)c(Br)c1B. The highest BCUT2D eigenvalue weighted by atomic mass is 79.9. The van der Waals surface area contributed by atoms with Gasteiger partial charge in [-0.15, -0.1) is 5.46 Å². The molecular formula is C7H11B4Br. The first kappa shape index (κ1) is 10.0. The molecule has 0 aliphatic carbocycles. The number of benzene rings is 1. The van der Waals surface area contributed by atoms with E-state index in [0.717, 1.165) is 0 Å². The molecule has 0 nitrogen and oxygen atoms in total. The van der Waals surface area contributed by atoms with Crippen molar-refractivity contribution in [3.63, 3.8) is 0 Å². The van der Waals surface area contributed by atoms with Crippen LogP contribution in [0.15, 0.2) is 4.47 Å². The molecule has 0 aliphatic rings. The summed E-state index contributed by atoms with van der Waals surface area (Å²) in [6, 6.07) is 0. The van der Waals surface area contributed by atoms with E-state index in [1.54, 1.807) is 0 Å². The Morgan fingerprint density at radius 1 is 0.833 bits per heavy atom. The van der Waals surface area contributed by atoms with Gasteiger partial charge < -0.3 is 0 Å². The van der Waals surface area contributed by atoms with Crippen LogP contribution in [0, 0.1) is 6.92 Å². The molecule has 0 aromatic heterocycles. The van der Waals surface area contributed by atoms with Crippen molar-refractivity contribution in [1.82, 2.24) is 0 Å². The minimum absolute atomic E-state index is 1.27. The second-order valence-electron chi connectivity index (χ2n) is 3.44. The van der Waals surface area contributed by atoms with Gasteiger partial charge in [0.2, 0.25) is 0 Å². The third kappa shape index (κ3) is 1.39. The minimum Gasteiger partial charge on any atom is -0.100 e. The maximum atomic E-state index is 3.61. The zero-order chi connectivity index (χ0) is 9.46. The monoisotopic (exact) mass is 218 g/mol. The maximum Gasteiger partial charge on any atom is 0.141 e. The van der Waals surface area contributed by atoms with Crippen LogP contribution >= 0.6 is 15.9 Å². The lowest BCUT2D eigenvalue weighted by Gasteiger charge is -2.15. The number of hydrogen-bond donors (Lipinski definition) is 0. The Morgan fingerprint density at radius 3 is 1.83 bits per heavy atom. The summed E-state index contributed by atoms with van der Waals surface area (Å²) in [7, 11) is 8.71. The Morgan fingerprint density at radius 2 is 1.33 bits per heavy atom. The van der Waals surface area contributed by atoms with E-state index < -0.39 is 0 Å². The minimum atomic E-state index is 1.27. The van der Waals surface area contributed by atoms with Gasteiger partial charge in [0.1, 0.15) is 31.4 Å². The normalized spacial score (nSPS) is 10.2. The van der Waals surface area contributed by atoms with E-state index in [9.17, 15) is 0 Å². The quantitative estimate of drug-likeness (QED) is 0.387. The van der Waals surface area contributed by atoms with E-state index in [0.29, 0.717) is 0 Å². The van der Waals surface area contributed by atoms with Gasteiger partial charge in [-0.2, -0.15) is 0 Å². The van der Waals surface area contributed by atoms with Gasteiger partial charge >= 0.3 is 0 Å². The Labute approximate surface area is 86.3 Å². The fourth-order valence-electron chi connectivity index (χ4n) is 1.45. The summed E-state index contributed by atoms with van der Waals surface area (Å²) in [5.74, 6) is 0. The Bertz CT molecular complexity index is 230. The fraction of sp³-hybridized carbons (Fsp3) is 0.143. The van der Waals surface area contributed by atoms with Crippen molar-refractivity contribution in [2.24, 2.45) is 0 Å². The lowest BCUT2D eigenvalue weighted by Crippen LogP contribution is -2.45. The summed E-state index contributed by atoms with van der Waals surface area (Å²) >= 11 is 3.61. The lowest BCUT2D eigenvalue weighted by molar-refractivity contribution is 1.58. The van der Waals surface area contributed by atoms with Crippen molar-refractivity contribution in [3.8, 4) is 0 Å². The first-order chi connectivity index (χ1) is 5.46. The van der Waals surface area contributed by atoms with Gasteiger partial charge in [-0.05, 0) is 6.92 Å². The van der Waals surface area contributed by atoms with Crippen LogP contribution in [0.2, 0.25) is 0 Å². The smallest absolute Gasteiger partial charge is 0.100 e. The van der Waals surface area contributed by atoms with Crippen molar-refractivity contribution in [2.75, 3.05) is 0 Å². The average Bonchev–Trinajstić information content (AvgIpc) is 2.08. The van der Waals surface area contributed by atoms with Crippen LogP contribution in [-0.4, -0.2) is 31.4 Å². The van der Waals surface area contributed by atoms with Gasteiger partial charge in [-0.25, -0.2) is 0 Å². The summed E-state index contributed by atoms with van der Waals surface area (Å²) < 4.78 is 1.27. The molecule has 12 heavy (non-hydrogen) atoms. The van der Waals surface area contributed by atoms with Gasteiger partial charge in [-0.3, -0.25) is 0 Å². The lowest BCUT2D eigenvalue weighted by atomic mass is 9.67. The third-order valence-electron chi connectivity index (χ3n) is 2.91. The van der Waals surface area contributed by atoms with Crippen LogP contribution in [0.1, 0.15) is 5.56 Å². The molecule has 0 saturated carbocycles. The number of rotatable bonds is 0. The predicted molar refractivity (Wildman–Crippen MR) is 71.6 cm³/mol. The van der Waals surface area contributed by atoms with E-state index in [1.165, 1.54) is 31.9 Å². The van der Waals surface area contributed by atoms with Crippen LogP contribution in [0.4, 0.5) is 0 Å². The fourth-order valence-corrected chi connectivity index (χ4v) is 2.05. The van der Waals surface area contributed by atoms with Crippen LogP contribution in [-0.2, 0) is 0 Å². The molecule has 1 aromatic rings. The summed E-state index contributed by atoms with van der Waals surface area (Å²) in [4.78, 5) is 0. The Kier molecular flexibility index (Phi) is 2.82. The summed E-state index contributed by atoms with van der Waals surface area (Å²) in [6.45, 7) is 2.18. The summed E-state index contributed by atoms with van der Waals surface area (Å²) in [6.07, 6.45) is 0. The van der Waals surface area contributed by atoms with Crippen molar-refractivity contribution < 1.29 is 0 Å². The number of hydrogen-bond acceptors (Lipinski definition) is 0. The van der Waals surface area contributed by atoms with Crippen LogP contribution in [0.25, 0.3) is 0 Å². The third-order valence-corrected chi connectivity index (χ3v) is 4.10. The van der Waals surface area contributed by atoms with Crippen molar-refractivity contribution in [1.29, 1.82) is 0 Å². The largest absolute Gasteiger partial charge is 0.141 e. The molecule has 1 aromatic carbocycles. The molecule has 0 atom stereocenters. The second-order valence-corrected chi connectivity index (χ2v) is 4.23. The first-order valence-electron chi connectivity index (χ1n) is 4.19. The molecule has 1 rings (SSSR count). The molecule has 0 unspecified atom stereocenters. The molecule has 0 bridgehead atoms. The number of halogens is 1. The van der Waals surface area contributed by atoms with Gasteiger partial charge in [0, 0.05) is 4.47 Å². The van der Waals surface area contributed by atoms with Gasteiger partial charge in [0.15, 0.2) is 0 Å². The second kappa shape index (κ2) is 3.37. The van der Waals surface area contributed by atoms with Crippen molar-refractivity contribution in [3.05, 3.63) is 10.0 Å². The van der Waals surface area contributed by atoms with Gasteiger partial charge in [0.25, 0.3) is 0 Å². The van der Waals surface area contributed by atoms with Crippen LogP contribution in [0.3, 0.4) is 0 Å². The van der Waals surface area contributed by atoms with E-state index >= 15 is 0 Å². The van der Waals surface area contributed by atoms with E-state index in [4.69, 9.17) is 0 Å². The molecule has 0 aliphatic heterocycles. The van der Waals surface area contributed by atoms with Gasteiger partial charge in [0.05, 0.1) is 0 Å². The van der Waals surface area contributed by atoms with E-state index in [-0.39, 0.29) is 0 Å². The molecule has 0 N–H and O–H groups in total. The zero-order valence-corrected chi connectivity index (χ0v) is 9.96. The van der Waals surface area contributed by atoms with E-state index in [1.807, 2.05) is 0 Å². The standard InChI is InChI=1S/C7H11B4Br/c1-2-3(8)5(10)6(11)7(12)4(2)9/h8-11H2,1H3. The average molecular weight is 218 g/mol. The molecule has 0 amide bonds. The molecular weight excluding hydrogens is 207 g/mol. The molecule has 5 heteroatoms. The molecule has 0 fully saturated rings. The van der Waals surface area contributed by atoms with Crippen molar-refractivity contribution >= 4 is 69.2 Å². The van der Waals surface area contributed by atoms with Gasteiger partial charge in [-0.1, -0.05) is 37.9 Å². The maximum absolute atomic E-state index is 3.61. The predicted octanol–water partition coefficient (Wildman–Crippen LogP) is -4.21. The molecule has 0 saturated heterocycles. The highest BCUT2D eigenvalue weighted by Crippen LogP contribution is 2.00. The van der Waals surface area contributed by atoms with Crippen molar-refractivity contribution in [2.45, 2.75) is 6.92 Å². The molecule has 0 heterocycles. The highest BCUT2D eigenvalue weighted by molar-refractivity contribution is 9.10. The first-order valence-corrected chi connectivity index (χ1v) is 4.98.